The molecule has 0 spiro atoms. The molecule has 1 heterocycles. The maximum Gasteiger partial charge on any atom is 0.159 e. The van der Waals surface area contributed by atoms with E-state index in [9.17, 15) is 0 Å². The van der Waals surface area contributed by atoms with Crippen molar-refractivity contribution in [1.29, 1.82) is 0 Å². The third kappa shape index (κ3) is 2.86. The van der Waals surface area contributed by atoms with E-state index in [4.69, 9.17) is 10.5 Å². The van der Waals surface area contributed by atoms with Crippen molar-refractivity contribution in [2.45, 2.75) is 24.8 Å². The minimum atomic E-state index is -0.312. The Hall–Kier alpha value is -0.620. The van der Waals surface area contributed by atoms with Crippen LogP contribution in [0.1, 0.15) is 22.6 Å². The molecule has 108 valence electrons. The Balaban J connectivity index is 0.00000147. The Kier molecular flexibility index (Phi) is 4.74. The van der Waals surface area contributed by atoms with Crippen molar-refractivity contribution < 1.29 is 4.74 Å². The lowest BCUT2D eigenvalue weighted by Crippen LogP contribution is -2.41. The first kappa shape index (κ1) is 15.8. The van der Waals surface area contributed by atoms with E-state index >= 15 is 0 Å². The van der Waals surface area contributed by atoms with Gasteiger partial charge >= 0.3 is 0 Å². The summed E-state index contributed by atoms with van der Waals surface area (Å²) >= 11 is 5.15. The van der Waals surface area contributed by atoms with Gasteiger partial charge in [0.2, 0.25) is 0 Å². The van der Waals surface area contributed by atoms with Gasteiger partial charge in [-0.2, -0.15) is 0 Å². The maximum atomic E-state index is 6.64. The lowest BCUT2D eigenvalue weighted by molar-refractivity contribution is 0.379. The number of hydrogen-bond donors (Lipinski definition) is 1. The summed E-state index contributed by atoms with van der Waals surface area (Å²) in [7, 11) is 1.68. The number of nitrogens with zero attached hydrogens (tertiary/aromatic N) is 1. The van der Waals surface area contributed by atoms with Crippen molar-refractivity contribution in [2.24, 2.45) is 5.73 Å². The molecule has 0 saturated carbocycles. The van der Waals surface area contributed by atoms with Gasteiger partial charge < -0.3 is 10.5 Å². The molecule has 20 heavy (non-hydrogen) atoms. The van der Waals surface area contributed by atoms with Gasteiger partial charge in [0, 0.05) is 16.8 Å². The maximum absolute atomic E-state index is 6.64. The molecule has 0 amide bonds. The Labute approximate surface area is 137 Å². The number of methoxy groups -OCH3 is 1. The summed E-state index contributed by atoms with van der Waals surface area (Å²) in [6.45, 7) is 0. The van der Waals surface area contributed by atoms with Crippen LogP contribution in [0, 0.1) is 0 Å². The second kappa shape index (κ2) is 6.02. The van der Waals surface area contributed by atoms with Crippen molar-refractivity contribution >= 4 is 39.7 Å². The zero-order valence-corrected chi connectivity index (χ0v) is 14.3. The second-order valence-electron chi connectivity index (χ2n) is 4.90. The lowest BCUT2D eigenvalue weighted by Gasteiger charge is -2.33. The van der Waals surface area contributed by atoms with E-state index in [1.54, 1.807) is 18.4 Å². The SMILES string of the molecule is COc1cccc(C2(N)CCc3nc(Br)sc3C2)c1.Cl. The number of rotatable bonds is 2. The minimum Gasteiger partial charge on any atom is -0.497 e. The van der Waals surface area contributed by atoms with Crippen molar-refractivity contribution in [2.75, 3.05) is 7.11 Å². The summed E-state index contributed by atoms with van der Waals surface area (Å²) in [6.07, 6.45) is 2.70. The average molecular weight is 376 g/mol. The first-order chi connectivity index (χ1) is 9.10. The zero-order valence-electron chi connectivity index (χ0n) is 11.1. The fraction of sp³-hybridized carbons (Fsp3) is 0.357. The molecule has 2 aromatic rings. The number of benzene rings is 1. The first-order valence-electron chi connectivity index (χ1n) is 6.18. The number of nitrogens with two attached hydrogens (primary N) is 1. The summed E-state index contributed by atoms with van der Waals surface area (Å²) in [5.41, 5.74) is 8.66. The highest BCUT2D eigenvalue weighted by Crippen LogP contribution is 2.38. The number of halogens is 2. The van der Waals surface area contributed by atoms with Crippen LogP contribution in [0.4, 0.5) is 0 Å². The highest BCUT2D eigenvalue weighted by atomic mass is 79.9. The van der Waals surface area contributed by atoms with E-state index in [0.29, 0.717) is 0 Å². The molecule has 3 nitrogen and oxygen atoms in total. The van der Waals surface area contributed by atoms with Crippen LogP contribution in [-0.4, -0.2) is 12.1 Å². The molecule has 1 aliphatic rings. The molecule has 0 aliphatic heterocycles. The van der Waals surface area contributed by atoms with Crippen LogP contribution in [0.2, 0.25) is 0 Å². The molecule has 3 rings (SSSR count). The summed E-state index contributed by atoms with van der Waals surface area (Å²) in [5.74, 6) is 0.860. The van der Waals surface area contributed by atoms with Gasteiger partial charge in [-0.25, -0.2) is 4.98 Å². The highest BCUT2D eigenvalue weighted by Gasteiger charge is 2.34. The van der Waals surface area contributed by atoms with Gasteiger partial charge in [0.15, 0.2) is 3.92 Å². The van der Waals surface area contributed by atoms with Crippen LogP contribution in [0.5, 0.6) is 5.75 Å². The van der Waals surface area contributed by atoms with Crippen molar-refractivity contribution in [1.82, 2.24) is 4.98 Å². The predicted molar refractivity (Wildman–Crippen MR) is 87.9 cm³/mol. The molecule has 0 bridgehead atoms. The molecule has 0 fully saturated rings. The Morgan fingerprint density at radius 1 is 1.45 bits per heavy atom. The van der Waals surface area contributed by atoms with Gasteiger partial charge in [0.05, 0.1) is 12.8 Å². The van der Waals surface area contributed by atoms with Crippen LogP contribution in [0.25, 0.3) is 0 Å². The second-order valence-corrected chi connectivity index (χ2v) is 7.26. The van der Waals surface area contributed by atoms with Gasteiger partial charge in [-0.1, -0.05) is 12.1 Å². The highest BCUT2D eigenvalue weighted by molar-refractivity contribution is 9.11. The third-order valence-electron chi connectivity index (χ3n) is 3.68. The summed E-state index contributed by atoms with van der Waals surface area (Å²) in [5, 5.41) is 0. The minimum absolute atomic E-state index is 0. The molecule has 1 unspecified atom stereocenters. The Morgan fingerprint density at radius 3 is 3.00 bits per heavy atom. The van der Waals surface area contributed by atoms with Gasteiger partial charge in [0.25, 0.3) is 0 Å². The van der Waals surface area contributed by atoms with E-state index in [1.807, 2.05) is 18.2 Å². The molecule has 1 aliphatic carbocycles. The molecule has 0 saturated heterocycles. The summed E-state index contributed by atoms with van der Waals surface area (Å²) < 4.78 is 6.24. The molecule has 1 aromatic carbocycles. The van der Waals surface area contributed by atoms with Gasteiger partial charge in [-0.15, -0.1) is 23.7 Å². The van der Waals surface area contributed by atoms with E-state index in [-0.39, 0.29) is 17.9 Å². The average Bonchev–Trinajstić information content (AvgIpc) is 2.78. The number of aryl methyl sites for hydroxylation is 1. The normalized spacial score (nSPS) is 20.9. The summed E-state index contributed by atoms with van der Waals surface area (Å²) in [6, 6.07) is 8.08. The molecule has 0 radical (unpaired) electrons. The Morgan fingerprint density at radius 2 is 2.25 bits per heavy atom. The molecule has 1 aromatic heterocycles. The van der Waals surface area contributed by atoms with Gasteiger partial charge in [-0.3, -0.25) is 0 Å². The number of aromatic nitrogens is 1. The van der Waals surface area contributed by atoms with E-state index in [1.165, 1.54) is 10.6 Å². The van der Waals surface area contributed by atoms with Crippen molar-refractivity contribution in [3.8, 4) is 5.75 Å². The number of fused-ring (bicyclic) bond motifs is 1. The zero-order chi connectivity index (χ0) is 13.5. The van der Waals surface area contributed by atoms with Gasteiger partial charge in [0.1, 0.15) is 5.75 Å². The standard InChI is InChI=1S/C14H15BrN2OS.ClH/c1-18-10-4-2-3-9(7-10)14(16)6-5-11-12(8-14)19-13(15)17-11;/h2-4,7H,5-6,8,16H2,1H3;1H. The molecule has 2 N–H and O–H groups in total. The number of ether oxygens (including phenoxy) is 1. The fourth-order valence-corrected chi connectivity index (χ4v) is 4.34. The topological polar surface area (TPSA) is 48.1 Å². The number of thiazole rings is 1. The molecule has 1 atom stereocenters. The van der Waals surface area contributed by atoms with E-state index in [0.717, 1.165) is 34.5 Å². The summed E-state index contributed by atoms with van der Waals surface area (Å²) in [4.78, 5) is 5.79. The fourth-order valence-electron chi connectivity index (χ4n) is 2.58. The first-order valence-corrected chi connectivity index (χ1v) is 7.79. The largest absolute Gasteiger partial charge is 0.497 e. The monoisotopic (exact) mass is 374 g/mol. The van der Waals surface area contributed by atoms with Crippen molar-refractivity contribution in [3.05, 3.63) is 44.3 Å². The van der Waals surface area contributed by atoms with Crippen LogP contribution < -0.4 is 10.5 Å². The molecule has 6 heteroatoms. The van der Waals surface area contributed by atoms with Crippen molar-refractivity contribution in [3.63, 3.8) is 0 Å². The smallest absolute Gasteiger partial charge is 0.159 e. The van der Waals surface area contributed by atoms with Gasteiger partial charge in [-0.05, 0) is 46.5 Å². The van der Waals surface area contributed by atoms with E-state index in [2.05, 4.69) is 27.0 Å². The quantitative estimate of drug-likeness (QED) is 0.871. The number of hydrogen-bond acceptors (Lipinski definition) is 4. The van der Waals surface area contributed by atoms with Crippen LogP contribution >= 0.6 is 39.7 Å². The molecular formula is C14H16BrClN2OS. The van der Waals surface area contributed by atoms with E-state index < -0.39 is 0 Å². The molecular weight excluding hydrogens is 360 g/mol. The predicted octanol–water partition coefficient (Wildman–Crippen LogP) is 3.68. The van der Waals surface area contributed by atoms with Crippen LogP contribution in [0.15, 0.2) is 28.2 Å². The Bertz CT molecular complexity index is 619. The lowest BCUT2D eigenvalue weighted by atomic mass is 9.78. The van der Waals surface area contributed by atoms with Crippen LogP contribution in [-0.2, 0) is 18.4 Å². The third-order valence-corrected chi connectivity index (χ3v) is 5.23. The van der Waals surface area contributed by atoms with Crippen LogP contribution in [0.3, 0.4) is 0 Å².